The lowest BCUT2D eigenvalue weighted by Gasteiger charge is -2.35. The van der Waals surface area contributed by atoms with Crippen molar-refractivity contribution in [3.05, 3.63) is 23.8 Å². The largest absolute Gasteiger partial charge is 0.497 e. The standard InChI is InChI=1S/C18H26N2O3/c1-22-14-5-6-17(23-2)15(12-14)18(21)20-10-7-13(8-11-20)16-4-3-9-19-16/h5-6,12-13,16,19H,3-4,7-11H2,1-2H3. The van der Waals surface area contributed by atoms with Gasteiger partial charge in [0, 0.05) is 19.1 Å². The Morgan fingerprint density at radius 1 is 1.17 bits per heavy atom. The summed E-state index contributed by atoms with van der Waals surface area (Å²) in [5.41, 5.74) is 0.587. The van der Waals surface area contributed by atoms with Crippen molar-refractivity contribution in [3.63, 3.8) is 0 Å². The number of benzene rings is 1. The summed E-state index contributed by atoms with van der Waals surface area (Å²) in [4.78, 5) is 14.8. The van der Waals surface area contributed by atoms with Gasteiger partial charge >= 0.3 is 0 Å². The summed E-state index contributed by atoms with van der Waals surface area (Å²) >= 11 is 0. The van der Waals surface area contributed by atoms with Crippen LogP contribution in [0.4, 0.5) is 0 Å². The van der Waals surface area contributed by atoms with Crippen LogP contribution in [0.3, 0.4) is 0 Å². The normalized spacial score (nSPS) is 22.2. The molecule has 1 unspecified atom stereocenters. The molecule has 2 saturated heterocycles. The zero-order valence-corrected chi connectivity index (χ0v) is 14.0. The Bertz CT molecular complexity index is 547. The number of amides is 1. The second-order valence-corrected chi connectivity index (χ2v) is 6.40. The van der Waals surface area contributed by atoms with Crippen LogP contribution in [0.1, 0.15) is 36.0 Å². The molecule has 2 heterocycles. The molecular formula is C18H26N2O3. The second-order valence-electron chi connectivity index (χ2n) is 6.40. The number of hydrogen-bond donors (Lipinski definition) is 1. The molecule has 126 valence electrons. The van der Waals surface area contributed by atoms with Crippen molar-refractivity contribution in [2.45, 2.75) is 31.7 Å². The Kier molecular flexibility index (Phi) is 5.06. The van der Waals surface area contributed by atoms with Gasteiger partial charge in [-0.1, -0.05) is 0 Å². The van der Waals surface area contributed by atoms with Gasteiger partial charge in [-0.05, 0) is 56.3 Å². The van der Waals surface area contributed by atoms with Crippen LogP contribution in [-0.2, 0) is 0 Å². The molecule has 0 radical (unpaired) electrons. The van der Waals surface area contributed by atoms with Crippen LogP contribution in [0.2, 0.25) is 0 Å². The molecule has 2 aliphatic rings. The minimum absolute atomic E-state index is 0.0404. The molecule has 1 atom stereocenters. The van der Waals surface area contributed by atoms with Gasteiger partial charge in [-0.3, -0.25) is 4.79 Å². The third-order valence-corrected chi connectivity index (χ3v) is 5.13. The molecule has 0 spiro atoms. The maximum atomic E-state index is 12.9. The van der Waals surface area contributed by atoms with Crippen LogP contribution in [0.5, 0.6) is 11.5 Å². The van der Waals surface area contributed by atoms with Crippen molar-refractivity contribution < 1.29 is 14.3 Å². The summed E-state index contributed by atoms with van der Waals surface area (Å²) in [5, 5.41) is 3.60. The number of rotatable bonds is 4. The highest BCUT2D eigenvalue weighted by Crippen LogP contribution is 2.29. The van der Waals surface area contributed by atoms with Crippen LogP contribution in [0.15, 0.2) is 18.2 Å². The van der Waals surface area contributed by atoms with E-state index in [1.807, 2.05) is 11.0 Å². The van der Waals surface area contributed by atoms with E-state index in [2.05, 4.69) is 5.32 Å². The number of carbonyl (C=O) groups is 1. The van der Waals surface area contributed by atoms with Gasteiger partial charge in [0.25, 0.3) is 5.91 Å². The minimum Gasteiger partial charge on any atom is -0.497 e. The first-order valence-corrected chi connectivity index (χ1v) is 8.47. The van der Waals surface area contributed by atoms with E-state index >= 15 is 0 Å². The fourth-order valence-corrected chi connectivity index (χ4v) is 3.77. The Balaban J connectivity index is 1.67. The van der Waals surface area contributed by atoms with Crippen molar-refractivity contribution in [2.24, 2.45) is 5.92 Å². The Morgan fingerprint density at radius 2 is 1.96 bits per heavy atom. The number of nitrogens with zero attached hydrogens (tertiary/aromatic N) is 1. The molecule has 1 aromatic carbocycles. The monoisotopic (exact) mass is 318 g/mol. The molecule has 5 heteroatoms. The molecule has 0 aliphatic carbocycles. The van der Waals surface area contributed by atoms with Gasteiger partial charge in [-0.25, -0.2) is 0 Å². The number of likely N-dealkylation sites (tertiary alicyclic amines) is 1. The zero-order valence-electron chi connectivity index (χ0n) is 14.0. The van der Waals surface area contributed by atoms with E-state index in [-0.39, 0.29) is 5.91 Å². The van der Waals surface area contributed by atoms with E-state index in [1.165, 1.54) is 12.8 Å². The Hall–Kier alpha value is -1.75. The lowest BCUT2D eigenvalue weighted by Crippen LogP contribution is -2.43. The first-order chi connectivity index (χ1) is 11.2. The van der Waals surface area contributed by atoms with Crippen LogP contribution >= 0.6 is 0 Å². The molecule has 0 aromatic heterocycles. The third kappa shape index (κ3) is 3.44. The molecular weight excluding hydrogens is 292 g/mol. The smallest absolute Gasteiger partial charge is 0.257 e. The lowest BCUT2D eigenvalue weighted by atomic mass is 9.88. The third-order valence-electron chi connectivity index (χ3n) is 5.13. The van der Waals surface area contributed by atoms with Crippen molar-refractivity contribution in [1.82, 2.24) is 10.2 Å². The average molecular weight is 318 g/mol. The summed E-state index contributed by atoms with van der Waals surface area (Å²) < 4.78 is 10.6. The van der Waals surface area contributed by atoms with E-state index in [9.17, 15) is 4.79 Å². The first kappa shape index (κ1) is 16.1. The molecule has 1 amide bonds. The molecule has 23 heavy (non-hydrogen) atoms. The predicted octanol–water partition coefficient (Wildman–Crippen LogP) is 2.31. The number of ether oxygens (including phenoxy) is 2. The van der Waals surface area contributed by atoms with Gasteiger partial charge in [0.05, 0.1) is 19.8 Å². The van der Waals surface area contributed by atoms with Crippen LogP contribution in [0, 0.1) is 5.92 Å². The van der Waals surface area contributed by atoms with Gasteiger partial charge in [0.15, 0.2) is 0 Å². The Labute approximate surface area is 137 Å². The van der Waals surface area contributed by atoms with Crippen molar-refractivity contribution in [3.8, 4) is 11.5 Å². The maximum Gasteiger partial charge on any atom is 0.257 e. The fourth-order valence-electron chi connectivity index (χ4n) is 3.77. The molecule has 1 aromatic rings. The number of methoxy groups -OCH3 is 2. The van der Waals surface area contributed by atoms with E-state index in [0.29, 0.717) is 29.0 Å². The summed E-state index contributed by atoms with van der Waals surface area (Å²) in [6.07, 6.45) is 4.72. The SMILES string of the molecule is COc1ccc(OC)c(C(=O)N2CCC(C3CCCN3)CC2)c1. The summed E-state index contributed by atoms with van der Waals surface area (Å²) in [6.45, 7) is 2.79. The summed E-state index contributed by atoms with van der Waals surface area (Å²) in [5.74, 6) is 2.03. The predicted molar refractivity (Wildman–Crippen MR) is 89.2 cm³/mol. The van der Waals surface area contributed by atoms with Gasteiger partial charge < -0.3 is 19.7 Å². The highest BCUT2D eigenvalue weighted by atomic mass is 16.5. The maximum absolute atomic E-state index is 12.9. The quantitative estimate of drug-likeness (QED) is 0.925. The summed E-state index contributed by atoms with van der Waals surface area (Å²) in [6, 6.07) is 6.03. The molecule has 1 N–H and O–H groups in total. The van der Waals surface area contributed by atoms with Crippen molar-refractivity contribution >= 4 is 5.91 Å². The lowest BCUT2D eigenvalue weighted by molar-refractivity contribution is 0.0670. The van der Waals surface area contributed by atoms with Gasteiger partial charge in [0.1, 0.15) is 11.5 Å². The minimum atomic E-state index is 0.0404. The molecule has 0 saturated carbocycles. The highest BCUT2D eigenvalue weighted by molar-refractivity contribution is 5.97. The number of hydrogen-bond acceptors (Lipinski definition) is 4. The van der Waals surface area contributed by atoms with Gasteiger partial charge in [-0.15, -0.1) is 0 Å². The first-order valence-electron chi connectivity index (χ1n) is 8.47. The van der Waals surface area contributed by atoms with E-state index < -0.39 is 0 Å². The molecule has 2 fully saturated rings. The van der Waals surface area contributed by atoms with E-state index in [4.69, 9.17) is 9.47 Å². The molecule has 3 rings (SSSR count). The van der Waals surface area contributed by atoms with Crippen LogP contribution in [0.25, 0.3) is 0 Å². The fraction of sp³-hybridized carbons (Fsp3) is 0.611. The Morgan fingerprint density at radius 3 is 2.57 bits per heavy atom. The summed E-state index contributed by atoms with van der Waals surface area (Å²) in [7, 11) is 3.20. The number of piperidine rings is 1. The van der Waals surface area contributed by atoms with Crippen molar-refractivity contribution in [1.29, 1.82) is 0 Å². The van der Waals surface area contributed by atoms with Crippen LogP contribution in [-0.4, -0.2) is 50.7 Å². The van der Waals surface area contributed by atoms with E-state index in [1.54, 1.807) is 26.4 Å². The molecule has 5 nitrogen and oxygen atoms in total. The number of nitrogens with one attached hydrogen (secondary N) is 1. The van der Waals surface area contributed by atoms with Gasteiger partial charge in [0.2, 0.25) is 0 Å². The van der Waals surface area contributed by atoms with Crippen LogP contribution < -0.4 is 14.8 Å². The average Bonchev–Trinajstić information content (AvgIpc) is 3.15. The topological polar surface area (TPSA) is 50.8 Å². The van der Waals surface area contributed by atoms with Crippen molar-refractivity contribution in [2.75, 3.05) is 33.9 Å². The highest BCUT2D eigenvalue weighted by Gasteiger charge is 2.31. The zero-order chi connectivity index (χ0) is 16.2. The second kappa shape index (κ2) is 7.21. The molecule has 2 aliphatic heterocycles. The number of carbonyl (C=O) groups excluding carboxylic acids is 1. The van der Waals surface area contributed by atoms with Gasteiger partial charge in [-0.2, -0.15) is 0 Å². The molecule has 0 bridgehead atoms. The van der Waals surface area contributed by atoms with E-state index in [0.717, 1.165) is 32.5 Å².